The molecule has 6 nitrogen and oxygen atoms in total. The van der Waals surface area contributed by atoms with E-state index in [4.69, 9.17) is 4.74 Å². The molecule has 1 atom stereocenters. The molecule has 0 saturated heterocycles. The zero-order valence-corrected chi connectivity index (χ0v) is 10.6. The van der Waals surface area contributed by atoms with Crippen molar-refractivity contribution in [3.8, 4) is 0 Å². The standard InChI is InChI=1S/C11H18O6/c1-5-11(3,9(13)15-4)10(14)17-7-8(12)16-6-2/h5-7H2,1-4H3. The summed E-state index contributed by atoms with van der Waals surface area (Å²) in [5.74, 6) is -2.13. The van der Waals surface area contributed by atoms with Crippen LogP contribution in [0.4, 0.5) is 0 Å². The molecule has 0 fully saturated rings. The highest BCUT2D eigenvalue weighted by molar-refractivity contribution is 5.99. The molecule has 0 radical (unpaired) electrons. The van der Waals surface area contributed by atoms with Crippen molar-refractivity contribution in [2.24, 2.45) is 5.41 Å². The molecule has 0 rings (SSSR count). The molecule has 0 N–H and O–H groups in total. The predicted molar refractivity (Wildman–Crippen MR) is 58.0 cm³/mol. The van der Waals surface area contributed by atoms with Crippen LogP contribution in [0.5, 0.6) is 0 Å². The van der Waals surface area contributed by atoms with Gasteiger partial charge in [-0.05, 0) is 20.3 Å². The Morgan fingerprint density at radius 3 is 2.06 bits per heavy atom. The minimum absolute atomic E-state index is 0.207. The Bertz CT molecular complexity index is 298. The Kier molecular flexibility index (Phi) is 6.23. The van der Waals surface area contributed by atoms with Gasteiger partial charge in [-0.1, -0.05) is 6.92 Å². The minimum atomic E-state index is -1.39. The van der Waals surface area contributed by atoms with Gasteiger partial charge < -0.3 is 14.2 Å². The molecule has 0 spiro atoms. The number of esters is 3. The number of ether oxygens (including phenoxy) is 3. The maximum Gasteiger partial charge on any atom is 0.344 e. The molecule has 0 aromatic carbocycles. The summed E-state index contributed by atoms with van der Waals surface area (Å²) in [4.78, 5) is 34.1. The Hall–Kier alpha value is -1.59. The van der Waals surface area contributed by atoms with Gasteiger partial charge in [0, 0.05) is 0 Å². The SMILES string of the molecule is CCOC(=O)COC(=O)C(C)(CC)C(=O)OC. The van der Waals surface area contributed by atoms with E-state index in [2.05, 4.69) is 9.47 Å². The minimum Gasteiger partial charge on any atom is -0.468 e. The van der Waals surface area contributed by atoms with Gasteiger partial charge in [-0.15, -0.1) is 0 Å². The second-order valence-corrected chi connectivity index (χ2v) is 3.56. The highest BCUT2D eigenvalue weighted by atomic mass is 16.6. The number of carbonyl (C=O) groups excluding carboxylic acids is 3. The van der Waals surface area contributed by atoms with Crippen molar-refractivity contribution >= 4 is 17.9 Å². The van der Waals surface area contributed by atoms with Gasteiger partial charge >= 0.3 is 17.9 Å². The van der Waals surface area contributed by atoms with Gasteiger partial charge in [0.1, 0.15) is 0 Å². The van der Waals surface area contributed by atoms with E-state index >= 15 is 0 Å². The summed E-state index contributed by atoms with van der Waals surface area (Å²) in [7, 11) is 1.19. The van der Waals surface area contributed by atoms with Crippen LogP contribution in [0.15, 0.2) is 0 Å². The molecule has 0 saturated carbocycles. The van der Waals surface area contributed by atoms with Gasteiger partial charge in [0.05, 0.1) is 13.7 Å². The second-order valence-electron chi connectivity index (χ2n) is 3.56. The Morgan fingerprint density at radius 2 is 1.65 bits per heavy atom. The van der Waals surface area contributed by atoms with E-state index in [-0.39, 0.29) is 13.0 Å². The van der Waals surface area contributed by atoms with E-state index in [0.717, 1.165) is 0 Å². The molecule has 0 aliphatic rings. The van der Waals surface area contributed by atoms with Crippen LogP contribution in [-0.2, 0) is 28.6 Å². The topological polar surface area (TPSA) is 78.9 Å². The summed E-state index contributed by atoms with van der Waals surface area (Å²) in [5.41, 5.74) is -1.39. The first-order valence-corrected chi connectivity index (χ1v) is 5.33. The first kappa shape index (κ1) is 15.4. The second kappa shape index (κ2) is 6.88. The zero-order chi connectivity index (χ0) is 13.5. The largest absolute Gasteiger partial charge is 0.468 e. The first-order valence-electron chi connectivity index (χ1n) is 5.33. The van der Waals surface area contributed by atoms with Crippen LogP contribution in [0.3, 0.4) is 0 Å². The van der Waals surface area contributed by atoms with Crippen molar-refractivity contribution in [1.29, 1.82) is 0 Å². The monoisotopic (exact) mass is 246 g/mol. The quantitative estimate of drug-likeness (QED) is 0.389. The Balaban J connectivity index is 4.46. The fourth-order valence-electron chi connectivity index (χ4n) is 1.08. The molecule has 17 heavy (non-hydrogen) atoms. The molecule has 6 heteroatoms. The van der Waals surface area contributed by atoms with Crippen molar-refractivity contribution in [2.45, 2.75) is 27.2 Å². The molecule has 0 amide bonds. The van der Waals surface area contributed by atoms with E-state index in [1.807, 2.05) is 0 Å². The van der Waals surface area contributed by atoms with E-state index < -0.39 is 29.9 Å². The van der Waals surface area contributed by atoms with Crippen molar-refractivity contribution < 1.29 is 28.6 Å². The van der Waals surface area contributed by atoms with E-state index in [1.165, 1.54) is 14.0 Å². The highest BCUT2D eigenvalue weighted by Gasteiger charge is 2.42. The van der Waals surface area contributed by atoms with Gasteiger partial charge in [0.25, 0.3) is 0 Å². The van der Waals surface area contributed by atoms with Crippen LogP contribution in [0, 0.1) is 5.41 Å². The highest BCUT2D eigenvalue weighted by Crippen LogP contribution is 2.24. The lowest BCUT2D eigenvalue weighted by atomic mass is 9.88. The first-order chi connectivity index (χ1) is 7.92. The van der Waals surface area contributed by atoms with Crippen LogP contribution in [-0.4, -0.2) is 38.2 Å². The van der Waals surface area contributed by atoms with Crippen LogP contribution >= 0.6 is 0 Å². The lowest BCUT2D eigenvalue weighted by Gasteiger charge is -2.22. The predicted octanol–water partition coefficient (Wildman–Crippen LogP) is 0.682. The van der Waals surface area contributed by atoms with Gasteiger partial charge in [-0.25, -0.2) is 4.79 Å². The molecular weight excluding hydrogens is 228 g/mol. The molecule has 0 bridgehead atoms. The molecule has 1 unspecified atom stereocenters. The summed E-state index contributed by atoms with van der Waals surface area (Å²) in [5, 5.41) is 0. The van der Waals surface area contributed by atoms with Gasteiger partial charge in [-0.3, -0.25) is 9.59 Å². The molecule has 0 aliphatic heterocycles. The maximum atomic E-state index is 11.7. The van der Waals surface area contributed by atoms with Crippen LogP contribution in [0.2, 0.25) is 0 Å². The number of hydrogen-bond donors (Lipinski definition) is 0. The third kappa shape index (κ3) is 4.05. The lowest BCUT2D eigenvalue weighted by molar-refractivity contribution is -0.174. The average Bonchev–Trinajstić information content (AvgIpc) is 2.34. The number of hydrogen-bond acceptors (Lipinski definition) is 6. The van der Waals surface area contributed by atoms with Crippen LogP contribution in [0.25, 0.3) is 0 Å². The molecule has 98 valence electrons. The van der Waals surface area contributed by atoms with Gasteiger partial charge in [0.15, 0.2) is 12.0 Å². The average molecular weight is 246 g/mol. The van der Waals surface area contributed by atoms with Crippen molar-refractivity contribution in [2.75, 3.05) is 20.3 Å². The van der Waals surface area contributed by atoms with E-state index in [1.54, 1.807) is 13.8 Å². The molecule has 0 aromatic rings. The molecule has 0 aliphatic carbocycles. The summed E-state index contributed by atoms with van der Waals surface area (Å²) < 4.78 is 13.8. The van der Waals surface area contributed by atoms with Crippen LogP contribution < -0.4 is 0 Å². The summed E-state index contributed by atoms with van der Waals surface area (Å²) in [6.07, 6.45) is 0.224. The third-order valence-corrected chi connectivity index (χ3v) is 2.42. The Morgan fingerprint density at radius 1 is 1.06 bits per heavy atom. The van der Waals surface area contributed by atoms with Crippen molar-refractivity contribution in [1.82, 2.24) is 0 Å². The molecular formula is C11H18O6. The number of carbonyl (C=O) groups is 3. The normalized spacial score (nSPS) is 13.4. The van der Waals surface area contributed by atoms with E-state index in [9.17, 15) is 14.4 Å². The van der Waals surface area contributed by atoms with Crippen molar-refractivity contribution in [3.05, 3.63) is 0 Å². The molecule has 0 aromatic heterocycles. The third-order valence-electron chi connectivity index (χ3n) is 2.42. The number of methoxy groups -OCH3 is 1. The summed E-state index contributed by atoms with van der Waals surface area (Å²) >= 11 is 0. The summed E-state index contributed by atoms with van der Waals surface area (Å²) in [6, 6.07) is 0. The summed E-state index contributed by atoms with van der Waals surface area (Å²) in [6.45, 7) is 4.41. The zero-order valence-electron chi connectivity index (χ0n) is 10.6. The maximum absolute atomic E-state index is 11.7. The van der Waals surface area contributed by atoms with Gasteiger partial charge in [-0.2, -0.15) is 0 Å². The molecule has 0 heterocycles. The Labute approximate surface area is 100 Å². The van der Waals surface area contributed by atoms with Crippen molar-refractivity contribution in [3.63, 3.8) is 0 Å². The fourth-order valence-corrected chi connectivity index (χ4v) is 1.08. The van der Waals surface area contributed by atoms with E-state index in [0.29, 0.717) is 0 Å². The fraction of sp³-hybridized carbons (Fsp3) is 0.727. The lowest BCUT2D eigenvalue weighted by Crippen LogP contribution is -2.39. The number of rotatable bonds is 6. The van der Waals surface area contributed by atoms with Crippen LogP contribution in [0.1, 0.15) is 27.2 Å². The van der Waals surface area contributed by atoms with Gasteiger partial charge in [0.2, 0.25) is 0 Å². The smallest absolute Gasteiger partial charge is 0.344 e.